The van der Waals surface area contributed by atoms with Crippen molar-refractivity contribution in [1.82, 2.24) is 4.90 Å². The molecule has 1 fully saturated rings. The van der Waals surface area contributed by atoms with Crippen molar-refractivity contribution < 1.29 is 23.8 Å². The highest BCUT2D eigenvalue weighted by molar-refractivity contribution is 6.35. The highest BCUT2D eigenvalue weighted by Crippen LogP contribution is 2.28. The molecule has 0 amide bonds. The Morgan fingerprint density at radius 2 is 1.93 bits per heavy atom. The molecule has 0 bridgehead atoms. The molecular formula is C22H27Cl2NO5. The number of ether oxygens (including phenoxy) is 3. The summed E-state index contributed by atoms with van der Waals surface area (Å²) in [5.74, 6) is -1.03. The molecule has 8 heteroatoms. The molecule has 0 aliphatic carbocycles. The van der Waals surface area contributed by atoms with Gasteiger partial charge >= 0.3 is 11.9 Å². The normalized spacial score (nSPS) is 15.7. The summed E-state index contributed by atoms with van der Waals surface area (Å²) in [6.07, 6.45) is 4.81. The van der Waals surface area contributed by atoms with Gasteiger partial charge in [0.15, 0.2) is 6.61 Å². The summed E-state index contributed by atoms with van der Waals surface area (Å²) in [4.78, 5) is 27.2. The lowest BCUT2D eigenvalue weighted by atomic mass is 10.1. The van der Waals surface area contributed by atoms with Crippen LogP contribution in [0, 0.1) is 0 Å². The first-order valence-electron chi connectivity index (χ1n) is 9.89. The Labute approximate surface area is 187 Å². The van der Waals surface area contributed by atoms with Crippen LogP contribution in [0.3, 0.4) is 0 Å². The van der Waals surface area contributed by atoms with Crippen molar-refractivity contribution in [3.8, 4) is 5.75 Å². The second kappa shape index (κ2) is 11.9. The number of rotatable bonds is 9. The SMILES string of the molecule is CC=CC(=C(C)C(OC(=O)COc1ccc(Cl)cc1Cl)C(=O)OCC)N1CCCC1. The fourth-order valence-electron chi connectivity index (χ4n) is 3.16. The molecule has 164 valence electrons. The van der Waals surface area contributed by atoms with Crippen LogP contribution in [0.25, 0.3) is 0 Å². The van der Waals surface area contributed by atoms with Crippen molar-refractivity contribution in [1.29, 1.82) is 0 Å². The summed E-state index contributed by atoms with van der Waals surface area (Å²) in [7, 11) is 0. The van der Waals surface area contributed by atoms with Gasteiger partial charge in [0.05, 0.1) is 11.6 Å². The van der Waals surface area contributed by atoms with E-state index in [0.717, 1.165) is 31.6 Å². The second-order valence-corrected chi connectivity index (χ2v) is 7.59. The second-order valence-electron chi connectivity index (χ2n) is 6.75. The molecule has 1 aliphatic heterocycles. The zero-order valence-corrected chi connectivity index (χ0v) is 19.0. The smallest absolute Gasteiger partial charge is 0.351 e. The van der Waals surface area contributed by atoms with E-state index >= 15 is 0 Å². The Hall–Kier alpha value is -2.18. The standard InChI is InChI=1S/C22H27Cl2NO5/c1-4-8-18(25-11-6-7-12-25)15(3)21(22(27)28-5-2)30-20(26)14-29-19-10-9-16(23)13-17(19)24/h4,8-10,13,21H,5-7,11-12,14H2,1-3H3. The van der Waals surface area contributed by atoms with Crippen LogP contribution >= 0.6 is 23.2 Å². The Morgan fingerprint density at radius 3 is 2.53 bits per heavy atom. The van der Waals surface area contributed by atoms with Crippen LogP contribution in [0.1, 0.15) is 33.6 Å². The van der Waals surface area contributed by atoms with E-state index < -0.39 is 24.6 Å². The molecule has 0 N–H and O–H groups in total. The van der Waals surface area contributed by atoms with E-state index in [9.17, 15) is 9.59 Å². The van der Waals surface area contributed by atoms with Crippen LogP contribution in [0.2, 0.25) is 10.0 Å². The number of allylic oxidation sites excluding steroid dienone is 2. The number of carbonyl (C=O) groups excluding carboxylic acids is 2. The summed E-state index contributed by atoms with van der Waals surface area (Å²) in [6.45, 7) is 6.93. The number of benzene rings is 1. The van der Waals surface area contributed by atoms with E-state index in [1.165, 1.54) is 6.07 Å². The summed E-state index contributed by atoms with van der Waals surface area (Å²) >= 11 is 11.9. The number of hydrogen-bond donors (Lipinski definition) is 0. The van der Waals surface area contributed by atoms with Crippen LogP contribution < -0.4 is 4.74 Å². The van der Waals surface area contributed by atoms with E-state index in [1.54, 1.807) is 26.0 Å². The third-order valence-corrected chi connectivity index (χ3v) is 5.09. The van der Waals surface area contributed by atoms with Crippen molar-refractivity contribution in [3.05, 3.63) is 51.7 Å². The van der Waals surface area contributed by atoms with Crippen LogP contribution in [-0.2, 0) is 19.1 Å². The summed E-state index contributed by atoms with van der Waals surface area (Å²) < 4.78 is 16.0. The Morgan fingerprint density at radius 1 is 1.23 bits per heavy atom. The average Bonchev–Trinajstić information content (AvgIpc) is 3.23. The van der Waals surface area contributed by atoms with E-state index in [2.05, 4.69) is 4.90 Å². The van der Waals surface area contributed by atoms with Gasteiger partial charge < -0.3 is 19.1 Å². The van der Waals surface area contributed by atoms with E-state index in [4.69, 9.17) is 37.4 Å². The van der Waals surface area contributed by atoms with Crippen LogP contribution in [0.15, 0.2) is 41.6 Å². The Bertz CT molecular complexity index is 816. The van der Waals surface area contributed by atoms with Crippen molar-refractivity contribution in [3.63, 3.8) is 0 Å². The van der Waals surface area contributed by atoms with Gasteiger partial charge in [-0.3, -0.25) is 0 Å². The molecule has 6 nitrogen and oxygen atoms in total. The number of halogens is 2. The minimum absolute atomic E-state index is 0.180. The summed E-state index contributed by atoms with van der Waals surface area (Å²) in [5, 5.41) is 0.731. The van der Waals surface area contributed by atoms with Gasteiger partial charge in [-0.2, -0.15) is 0 Å². The molecule has 1 aliphatic rings. The molecule has 30 heavy (non-hydrogen) atoms. The lowest BCUT2D eigenvalue weighted by molar-refractivity contribution is -0.166. The number of carbonyl (C=O) groups is 2. The third-order valence-electron chi connectivity index (χ3n) is 4.56. The van der Waals surface area contributed by atoms with Crippen molar-refractivity contribution >= 4 is 35.1 Å². The fourth-order valence-corrected chi connectivity index (χ4v) is 3.63. The van der Waals surface area contributed by atoms with Crippen molar-refractivity contribution in [2.24, 2.45) is 0 Å². The lowest BCUT2D eigenvalue weighted by Crippen LogP contribution is -2.34. The third kappa shape index (κ3) is 6.67. The maximum Gasteiger partial charge on any atom is 0.351 e. The predicted molar refractivity (Wildman–Crippen MR) is 117 cm³/mol. The zero-order chi connectivity index (χ0) is 22.1. The predicted octanol–water partition coefficient (Wildman–Crippen LogP) is 4.79. The van der Waals surface area contributed by atoms with Gasteiger partial charge in [-0.15, -0.1) is 0 Å². The van der Waals surface area contributed by atoms with E-state index in [1.807, 2.05) is 19.1 Å². The number of nitrogens with zero attached hydrogens (tertiary/aromatic N) is 1. The quantitative estimate of drug-likeness (QED) is 0.393. The monoisotopic (exact) mass is 455 g/mol. The maximum atomic E-state index is 12.6. The minimum Gasteiger partial charge on any atom is -0.480 e. The molecule has 1 heterocycles. The molecule has 2 rings (SSSR count). The van der Waals surface area contributed by atoms with Crippen molar-refractivity contribution in [2.75, 3.05) is 26.3 Å². The van der Waals surface area contributed by atoms with E-state index in [0.29, 0.717) is 16.3 Å². The first-order valence-corrected chi connectivity index (χ1v) is 10.6. The summed E-state index contributed by atoms with van der Waals surface area (Å²) in [5.41, 5.74) is 1.48. The topological polar surface area (TPSA) is 65.1 Å². The largest absolute Gasteiger partial charge is 0.480 e. The zero-order valence-electron chi connectivity index (χ0n) is 17.5. The molecule has 1 aromatic rings. The van der Waals surface area contributed by atoms with Gasteiger partial charge in [0.1, 0.15) is 5.75 Å². The summed E-state index contributed by atoms with van der Waals surface area (Å²) in [6, 6.07) is 4.67. The van der Waals surface area contributed by atoms with Gasteiger partial charge in [-0.25, -0.2) is 9.59 Å². The lowest BCUT2D eigenvalue weighted by Gasteiger charge is -2.25. The molecular weight excluding hydrogens is 429 g/mol. The maximum absolute atomic E-state index is 12.6. The minimum atomic E-state index is -1.16. The first-order chi connectivity index (χ1) is 14.4. The highest BCUT2D eigenvalue weighted by atomic mass is 35.5. The van der Waals surface area contributed by atoms with Gasteiger partial charge in [0.2, 0.25) is 6.10 Å². The van der Waals surface area contributed by atoms with Crippen molar-refractivity contribution in [2.45, 2.75) is 39.7 Å². The first kappa shape index (κ1) is 24.1. The number of esters is 2. The van der Waals surface area contributed by atoms with Gasteiger partial charge in [-0.1, -0.05) is 29.3 Å². The van der Waals surface area contributed by atoms with Crippen LogP contribution in [-0.4, -0.2) is 49.2 Å². The molecule has 1 saturated heterocycles. The molecule has 0 spiro atoms. The van der Waals surface area contributed by atoms with Gasteiger partial charge in [0.25, 0.3) is 0 Å². The van der Waals surface area contributed by atoms with Gasteiger partial charge in [-0.05, 0) is 57.9 Å². The molecule has 1 atom stereocenters. The number of hydrogen-bond acceptors (Lipinski definition) is 6. The number of likely N-dealkylation sites (tertiary alicyclic amines) is 1. The highest BCUT2D eigenvalue weighted by Gasteiger charge is 2.30. The molecule has 0 radical (unpaired) electrons. The van der Waals surface area contributed by atoms with E-state index in [-0.39, 0.29) is 11.6 Å². The fraction of sp³-hybridized carbons (Fsp3) is 0.455. The molecule has 0 aromatic heterocycles. The molecule has 1 unspecified atom stereocenters. The Balaban J connectivity index is 2.17. The van der Waals surface area contributed by atoms with Crippen LogP contribution in [0.5, 0.6) is 5.75 Å². The average molecular weight is 456 g/mol. The van der Waals surface area contributed by atoms with Gasteiger partial charge in [0, 0.05) is 29.4 Å². The van der Waals surface area contributed by atoms with Crippen LogP contribution in [0.4, 0.5) is 0 Å². The Kier molecular flexibility index (Phi) is 9.53. The molecule has 0 saturated carbocycles. The molecule has 1 aromatic carbocycles.